The lowest BCUT2D eigenvalue weighted by Crippen LogP contribution is -2.46. The van der Waals surface area contributed by atoms with E-state index in [1.807, 2.05) is 45.0 Å². The van der Waals surface area contributed by atoms with E-state index in [1.165, 1.54) is 6.07 Å². The number of aromatic nitrogens is 2. The van der Waals surface area contributed by atoms with Crippen LogP contribution in [0.5, 0.6) is 0 Å². The SMILES string of the molecule is Cc1ccc([C@H]2C[C@@H](C(F)(F)F)n3nc(C(=O)NC(C)(C)CC(C)(C)C)cc3N2)cc1. The standard InChI is InChI=1S/C23H31F3N4O/c1-14-7-9-15(10-8-14)16-11-18(23(24,25)26)30-19(27-16)12-17(29-30)20(31)28-22(5,6)13-21(2,3)4/h7-10,12,16,18,27H,11,13H2,1-6H3,(H,28,31)/t16-,18+/m1/s1. The number of alkyl halides is 3. The number of halogens is 3. The fourth-order valence-corrected chi connectivity index (χ4v) is 4.44. The van der Waals surface area contributed by atoms with E-state index < -0.39 is 29.7 Å². The van der Waals surface area contributed by atoms with Gasteiger partial charge in [-0.05, 0) is 38.2 Å². The molecule has 1 aromatic carbocycles. The molecule has 0 radical (unpaired) electrons. The molecule has 0 fully saturated rings. The molecule has 0 saturated heterocycles. The van der Waals surface area contributed by atoms with Crippen molar-refractivity contribution in [3.63, 3.8) is 0 Å². The number of nitrogens with one attached hydrogen (secondary N) is 2. The lowest BCUT2D eigenvalue weighted by molar-refractivity contribution is -0.173. The number of nitrogens with zero attached hydrogens (tertiary/aromatic N) is 2. The van der Waals surface area contributed by atoms with Crippen LogP contribution in [0.15, 0.2) is 30.3 Å². The number of anilines is 1. The van der Waals surface area contributed by atoms with E-state index in [4.69, 9.17) is 0 Å². The lowest BCUT2D eigenvalue weighted by Gasteiger charge is -2.33. The van der Waals surface area contributed by atoms with Crippen molar-refractivity contribution in [1.29, 1.82) is 0 Å². The Bertz CT molecular complexity index is 939. The summed E-state index contributed by atoms with van der Waals surface area (Å²) in [6.07, 6.45) is -3.97. The number of benzene rings is 1. The lowest BCUT2D eigenvalue weighted by atomic mass is 9.82. The number of hydrogen-bond acceptors (Lipinski definition) is 3. The highest BCUT2D eigenvalue weighted by atomic mass is 19.4. The average Bonchev–Trinajstić information content (AvgIpc) is 3.02. The van der Waals surface area contributed by atoms with Gasteiger partial charge in [-0.2, -0.15) is 18.3 Å². The molecule has 1 amide bonds. The molecular formula is C23H31F3N4O. The first-order valence-electron chi connectivity index (χ1n) is 10.5. The van der Waals surface area contributed by atoms with Crippen LogP contribution in [0.2, 0.25) is 0 Å². The van der Waals surface area contributed by atoms with Gasteiger partial charge in [-0.3, -0.25) is 4.79 Å². The summed E-state index contributed by atoms with van der Waals surface area (Å²) in [5, 5.41) is 10.1. The van der Waals surface area contributed by atoms with Gasteiger partial charge in [0, 0.05) is 18.0 Å². The molecule has 0 saturated carbocycles. The molecule has 2 heterocycles. The second-order valence-corrected chi connectivity index (χ2v) is 10.3. The van der Waals surface area contributed by atoms with Crippen molar-refractivity contribution in [1.82, 2.24) is 15.1 Å². The second kappa shape index (κ2) is 7.88. The Hall–Kier alpha value is -2.51. The molecule has 170 valence electrons. The van der Waals surface area contributed by atoms with E-state index in [-0.39, 0.29) is 23.3 Å². The molecule has 0 bridgehead atoms. The average molecular weight is 437 g/mol. The molecule has 2 atom stereocenters. The van der Waals surface area contributed by atoms with Crippen molar-refractivity contribution in [2.45, 2.75) is 78.2 Å². The summed E-state index contributed by atoms with van der Waals surface area (Å²) >= 11 is 0. The molecule has 2 aromatic rings. The van der Waals surface area contributed by atoms with Crippen molar-refractivity contribution >= 4 is 11.7 Å². The Kier molecular flexibility index (Phi) is 5.88. The normalized spacial score (nSPS) is 19.5. The maximum Gasteiger partial charge on any atom is 0.410 e. The molecule has 8 heteroatoms. The minimum absolute atomic E-state index is 0.0194. The number of carbonyl (C=O) groups excluding carboxylic acids is 1. The Labute approximate surface area is 181 Å². The summed E-state index contributed by atoms with van der Waals surface area (Å²) in [5.41, 5.74) is 1.23. The van der Waals surface area contributed by atoms with Gasteiger partial charge in [0.1, 0.15) is 5.82 Å². The molecule has 3 rings (SSSR count). The van der Waals surface area contributed by atoms with Gasteiger partial charge < -0.3 is 10.6 Å². The molecule has 0 unspecified atom stereocenters. The molecule has 5 nitrogen and oxygen atoms in total. The summed E-state index contributed by atoms with van der Waals surface area (Å²) in [4.78, 5) is 12.8. The summed E-state index contributed by atoms with van der Waals surface area (Å²) in [7, 11) is 0. The van der Waals surface area contributed by atoms with E-state index in [0.717, 1.165) is 15.8 Å². The number of hydrogen-bond donors (Lipinski definition) is 2. The Balaban J connectivity index is 1.89. The first kappa shape index (κ1) is 23.2. The molecule has 2 N–H and O–H groups in total. The van der Waals surface area contributed by atoms with Gasteiger partial charge >= 0.3 is 6.18 Å². The van der Waals surface area contributed by atoms with E-state index in [0.29, 0.717) is 6.42 Å². The van der Waals surface area contributed by atoms with Crippen LogP contribution in [0.1, 0.15) is 81.2 Å². The zero-order chi connectivity index (χ0) is 23.2. The zero-order valence-corrected chi connectivity index (χ0v) is 18.9. The Morgan fingerprint density at radius 3 is 2.32 bits per heavy atom. The van der Waals surface area contributed by atoms with Gasteiger partial charge in [0.25, 0.3) is 5.91 Å². The summed E-state index contributed by atoms with van der Waals surface area (Å²) in [5.74, 6) is -0.288. The van der Waals surface area contributed by atoms with Crippen molar-refractivity contribution in [2.24, 2.45) is 5.41 Å². The second-order valence-electron chi connectivity index (χ2n) is 10.3. The predicted octanol–water partition coefficient (Wildman–Crippen LogP) is 5.80. The van der Waals surface area contributed by atoms with E-state index in [1.54, 1.807) is 0 Å². The smallest absolute Gasteiger partial charge is 0.363 e. The predicted molar refractivity (Wildman–Crippen MR) is 115 cm³/mol. The van der Waals surface area contributed by atoms with Crippen LogP contribution in [0.3, 0.4) is 0 Å². The monoisotopic (exact) mass is 436 g/mol. The quantitative estimate of drug-likeness (QED) is 0.637. The van der Waals surface area contributed by atoms with Crippen LogP contribution >= 0.6 is 0 Å². The molecule has 0 aliphatic carbocycles. The van der Waals surface area contributed by atoms with Crippen LogP contribution in [0.4, 0.5) is 19.0 Å². The number of rotatable bonds is 4. The highest BCUT2D eigenvalue weighted by Crippen LogP contribution is 2.43. The van der Waals surface area contributed by atoms with E-state index in [9.17, 15) is 18.0 Å². The van der Waals surface area contributed by atoms with Crippen LogP contribution < -0.4 is 10.6 Å². The number of aryl methyl sites for hydroxylation is 1. The van der Waals surface area contributed by atoms with Gasteiger partial charge in [0.2, 0.25) is 0 Å². The first-order chi connectivity index (χ1) is 14.1. The van der Waals surface area contributed by atoms with Crippen LogP contribution in [0, 0.1) is 12.3 Å². The number of fused-ring (bicyclic) bond motifs is 1. The third-order valence-electron chi connectivity index (χ3n) is 5.33. The van der Waals surface area contributed by atoms with Gasteiger partial charge in [0.05, 0.1) is 6.04 Å². The van der Waals surface area contributed by atoms with E-state index >= 15 is 0 Å². The minimum atomic E-state index is -4.48. The van der Waals surface area contributed by atoms with E-state index in [2.05, 4.69) is 36.5 Å². The summed E-state index contributed by atoms with van der Waals surface area (Å²) in [6.45, 7) is 11.9. The Morgan fingerprint density at radius 1 is 1.16 bits per heavy atom. The van der Waals surface area contributed by atoms with Gasteiger partial charge in [0.15, 0.2) is 11.7 Å². The fraction of sp³-hybridized carbons (Fsp3) is 0.565. The summed E-state index contributed by atoms with van der Waals surface area (Å²) < 4.78 is 42.5. The molecule has 1 aliphatic rings. The number of carbonyl (C=O) groups is 1. The Morgan fingerprint density at radius 2 is 1.77 bits per heavy atom. The highest BCUT2D eigenvalue weighted by molar-refractivity contribution is 5.93. The van der Waals surface area contributed by atoms with Crippen LogP contribution in [0.25, 0.3) is 0 Å². The van der Waals surface area contributed by atoms with Gasteiger partial charge in [-0.25, -0.2) is 4.68 Å². The fourth-order valence-electron chi connectivity index (χ4n) is 4.44. The minimum Gasteiger partial charge on any atom is -0.363 e. The maximum absolute atomic E-state index is 13.9. The topological polar surface area (TPSA) is 59.0 Å². The van der Waals surface area contributed by atoms with Crippen molar-refractivity contribution in [2.75, 3.05) is 5.32 Å². The zero-order valence-electron chi connectivity index (χ0n) is 18.9. The van der Waals surface area contributed by atoms with Crippen LogP contribution in [-0.2, 0) is 0 Å². The molecule has 1 aromatic heterocycles. The van der Waals surface area contributed by atoms with Gasteiger partial charge in [-0.15, -0.1) is 0 Å². The maximum atomic E-state index is 13.9. The highest BCUT2D eigenvalue weighted by Gasteiger charge is 2.47. The third-order valence-corrected chi connectivity index (χ3v) is 5.33. The molecule has 0 spiro atoms. The molecular weight excluding hydrogens is 405 g/mol. The molecule has 1 aliphatic heterocycles. The van der Waals surface area contributed by atoms with Crippen LogP contribution in [-0.4, -0.2) is 27.4 Å². The van der Waals surface area contributed by atoms with Gasteiger partial charge in [-0.1, -0.05) is 50.6 Å². The molecule has 31 heavy (non-hydrogen) atoms. The van der Waals surface area contributed by atoms with Crippen molar-refractivity contribution < 1.29 is 18.0 Å². The first-order valence-corrected chi connectivity index (χ1v) is 10.5. The van der Waals surface area contributed by atoms with Crippen molar-refractivity contribution in [3.05, 3.63) is 47.2 Å². The third kappa shape index (κ3) is 5.60. The van der Waals surface area contributed by atoms with Crippen molar-refractivity contribution in [3.8, 4) is 0 Å². The summed E-state index contributed by atoms with van der Waals surface area (Å²) in [6, 6.07) is 6.48. The largest absolute Gasteiger partial charge is 0.410 e. The number of amides is 1.